The molecule has 0 saturated carbocycles. The topological polar surface area (TPSA) is 55.5 Å². The van der Waals surface area contributed by atoms with Gasteiger partial charge in [0.2, 0.25) is 0 Å². The second-order valence-electron chi connectivity index (χ2n) is 3.15. The minimum atomic E-state index is -0.472. The molecule has 0 aromatic heterocycles. The van der Waals surface area contributed by atoms with Crippen molar-refractivity contribution in [3.05, 3.63) is 23.8 Å². The molecule has 0 radical (unpaired) electrons. The van der Waals surface area contributed by atoms with Crippen LogP contribution in [0.3, 0.4) is 0 Å². The van der Waals surface area contributed by atoms with Crippen LogP contribution in [-0.4, -0.2) is 17.8 Å². The van der Waals surface area contributed by atoms with Gasteiger partial charge in [0, 0.05) is 0 Å². The molecule has 0 saturated heterocycles. The van der Waals surface area contributed by atoms with E-state index >= 15 is 0 Å². The Hall–Kier alpha value is -1.22. The fraction of sp³-hybridized carbons (Fsp3) is 0.400. The minimum absolute atomic E-state index is 0.271. The van der Waals surface area contributed by atoms with E-state index in [1.165, 1.54) is 0 Å². The smallest absolute Gasteiger partial charge is 0.142 e. The summed E-state index contributed by atoms with van der Waals surface area (Å²) in [6, 6.07) is 5.60. The molecule has 0 amide bonds. The zero-order valence-corrected chi connectivity index (χ0v) is 7.95. The monoisotopic (exact) mass is 181 g/mol. The predicted molar refractivity (Wildman–Crippen MR) is 52.8 cm³/mol. The molecular weight excluding hydrogens is 166 g/mol. The van der Waals surface area contributed by atoms with Gasteiger partial charge in [0.15, 0.2) is 0 Å². The quantitative estimate of drug-likeness (QED) is 0.692. The van der Waals surface area contributed by atoms with Crippen molar-refractivity contribution in [3.8, 4) is 5.75 Å². The Morgan fingerprint density at radius 3 is 2.85 bits per heavy atom. The summed E-state index contributed by atoms with van der Waals surface area (Å²) in [6.07, 6.45) is -0.472. The predicted octanol–water partition coefficient (Wildman–Crippen LogP) is 1.34. The first kappa shape index (κ1) is 9.86. The molecule has 3 N–H and O–H groups in total. The normalized spacial score (nSPS) is 12.5. The van der Waals surface area contributed by atoms with Crippen LogP contribution >= 0.6 is 0 Å². The Bertz CT molecular complexity index is 284. The fourth-order valence-electron chi connectivity index (χ4n) is 0.990. The van der Waals surface area contributed by atoms with Crippen LogP contribution in [0.5, 0.6) is 5.75 Å². The summed E-state index contributed by atoms with van der Waals surface area (Å²) >= 11 is 0. The van der Waals surface area contributed by atoms with E-state index < -0.39 is 6.10 Å². The van der Waals surface area contributed by atoms with Gasteiger partial charge in [-0.3, -0.25) is 0 Å². The molecule has 0 aliphatic carbocycles. The molecule has 0 heterocycles. The summed E-state index contributed by atoms with van der Waals surface area (Å²) in [4.78, 5) is 0. The van der Waals surface area contributed by atoms with Crippen molar-refractivity contribution in [2.24, 2.45) is 0 Å². The number of benzene rings is 1. The number of nitrogens with two attached hydrogens (primary N) is 1. The van der Waals surface area contributed by atoms with Crippen molar-refractivity contribution >= 4 is 5.69 Å². The third-order valence-corrected chi connectivity index (χ3v) is 1.76. The van der Waals surface area contributed by atoms with Crippen molar-refractivity contribution in [2.75, 3.05) is 12.3 Å². The lowest BCUT2D eigenvalue weighted by Gasteiger charge is -2.11. The summed E-state index contributed by atoms with van der Waals surface area (Å²) < 4.78 is 5.30. The Morgan fingerprint density at radius 2 is 2.23 bits per heavy atom. The molecule has 72 valence electrons. The molecule has 0 aliphatic heterocycles. The highest BCUT2D eigenvalue weighted by Gasteiger charge is 2.03. The third-order valence-electron chi connectivity index (χ3n) is 1.76. The molecule has 0 bridgehead atoms. The van der Waals surface area contributed by atoms with Gasteiger partial charge in [-0.1, -0.05) is 12.1 Å². The van der Waals surface area contributed by atoms with E-state index in [9.17, 15) is 0 Å². The number of hydrogen-bond acceptors (Lipinski definition) is 3. The van der Waals surface area contributed by atoms with Crippen molar-refractivity contribution in [2.45, 2.75) is 20.0 Å². The highest BCUT2D eigenvalue weighted by molar-refractivity contribution is 5.57. The first-order chi connectivity index (χ1) is 6.11. The van der Waals surface area contributed by atoms with Gasteiger partial charge in [-0.2, -0.15) is 0 Å². The molecule has 1 aromatic rings. The summed E-state index contributed by atoms with van der Waals surface area (Å²) in [5.41, 5.74) is 7.39. The number of ether oxygens (including phenoxy) is 1. The van der Waals surface area contributed by atoms with Gasteiger partial charge in [0.1, 0.15) is 12.4 Å². The molecule has 3 heteroatoms. The number of nitrogen functional groups attached to an aromatic ring is 1. The average Bonchev–Trinajstić information content (AvgIpc) is 2.07. The Morgan fingerprint density at radius 1 is 1.54 bits per heavy atom. The van der Waals surface area contributed by atoms with E-state index in [0.29, 0.717) is 11.4 Å². The number of rotatable bonds is 3. The van der Waals surface area contributed by atoms with Crippen molar-refractivity contribution in [1.82, 2.24) is 0 Å². The molecule has 13 heavy (non-hydrogen) atoms. The minimum Gasteiger partial charge on any atom is -0.489 e. The van der Waals surface area contributed by atoms with Crippen LogP contribution in [0.15, 0.2) is 18.2 Å². The standard InChI is InChI=1S/C10H15NO2/c1-7-4-3-5-9(10(7)11)13-6-8(2)12/h3-5,8,12H,6,11H2,1-2H3. The summed E-state index contributed by atoms with van der Waals surface area (Å²) in [5.74, 6) is 0.640. The molecule has 1 unspecified atom stereocenters. The number of para-hydroxylation sites is 1. The zero-order chi connectivity index (χ0) is 9.84. The van der Waals surface area contributed by atoms with Crippen LogP contribution in [0.2, 0.25) is 0 Å². The first-order valence-corrected chi connectivity index (χ1v) is 4.27. The molecule has 0 aliphatic rings. The summed E-state index contributed by atoms with van der Waals surface area (Å²) in [5, 5.41) is 9.01. The van der Waals surface area contributed by atoms with E-state index in [1.807, 2.05) is 19.1 Å². The van der Waals surface area contributed by atoms with Gasteiger partial charge < -0.3 is 15.6 Å². The van der Waals surface area contributed by atoms with E-state index in [0.717, 1.165) is 5.56 Å². The zero-order valence-electron chi connectivity index (χ0n) is 7.95. The fourth-order valence-corrected chi connectivity index (χ4v) is 0.990. The van der Waals surface area contributed by atoms with Gasteiger partial charge in [-0.15, -0.1) is 0 Å². The van der Waals surface area contributed by atoms with Crippen molar-refractivity contribution in [1.29, 1.82) is 0 Å². The number of aliphatic hydroxyl groups is 1. The average molecular weight is 181 g/mol. The van der Waals surface area contributed by atoms with Crippen LogP contribution in [0.4, 0.5) is 5.69 Å². The largest absolute Gasteiger partial charge is 0.489 e. The van der Waals surface area contributed by atoms with E-state index in [4.69, 9.17) is 15.6 Å². The number of aryl methyl sites for hydroxylation is 1. The summed E-state index contributed by atoms with van der Waals surface area (Å²) in [6.45, 7) is 3.87. The number of anilines is 1. The van der Waals surface area contributed by atoms with Crippen molar-refractivity contribution in [3.63, 3.8) is 0 Å². The Labute approximate surface area is 78.1 Å². The maximum absolute atomic E-state index is 9.01. The third kappa shape index (κ3) is 2.63. The van der Waals surface area contributed by atoms with Crippen LogP contribution in [0.25, 0.3) is 0 Å². The van der Waals surface area contributed by atoms with Gasteiger partial charge in [-0.05, 0) is 25.5 Å². The number of hydrogen-bond donors (Lipinski definition) is 2. The van der Waals surface area contributed by atoms with Gasteiger partial charge in [0.05, 0.1) is 11.8 Å². The second kappa shape index (κ2) is 4.14. The highest BCUT2D eigenvalue weighted by Crippen LogP contribution is 2.24. The van der Waals surface area contributed by atoms with Gasteiger partial charge in [-0.25, -0.2) is 0 Å². The molecule has 1 atom stereocenters. The van der Waals surface area contributed by atoms with Gasteiger partial charge in [0.25, 0.3) is 0 Å². The lowest BCUT2D eigenvalue weighted by atomic mass is 10.2. The number of aliphatic hydroxyl groups excluding tert-OH is 1. The maximum atomic E-state index is 9.01. The van der Waals surface area contributed by atoms with Gasteiger partial charge >= 0.3 is 0 Å². The van der Waals surface area contributed by atoms with Crippen LogP contribution in [0, 0.1) is 6.92 Å². The molecule has 1 aromatic carbocycles. The van der Waals surface area contributed by atoms with Crippen molar-refractivity contribution < 1.29 is 9.84 Å². The van der Waals surface area contributed by atoms with Crippen LogP contribution in [-0.2, 0) is 0 Å². The highest BCUT2D eigenvalue weighted by atomic mass is 16.5. The molecule has 0 fully saturated rings. The van der Waals surface area contributed by atoms with E-state index in [1.54, 1.807) is 13.0 Å². The van der Waals surface area contributed by atoms with E-state index in [2.05, 4.69) is 0 Å². The molecule has 3 nitrogen and oxygen atoms in total. The Kier molecular flexibility index (Phi) is 3.14. The lowest BCUT2D eigenvalue weighted by Crippen LogP contribution is -2.13. The molecule has 0 spiro atoms. The van der Waals surface area contributed by atoms with Crippen LogP contribution < -0.4 is 10.5 Å². The van der Waals surface area contributed by atoms with E-state index in [-0.39, 0.29) is 6.61 Å². The summed E-state index contributed by atoms with van der Waals surface area (Å²) in [7, 11) is 0. The molecular formula is C10H15NO2. The lowest BCUT2D eigenvalue weighted by molar-refractivity contribution is 0.123. The SMILES string of the molecule is Cc1cccc(OCC(C)O)c1N. The maximum Gasteiger partial charge on any atom is 0.142 e. The van der Waals surface area contributed by atoms with Crippen LogP contribution in [0.1, 0.15) is 12.5 Å². The molecule has 1 rings (SSSR count). The Balaban J connectivity index is 2.71. The first-order valence-electron chi connectivity index (χ1n) is 4.27. The second-order valence-corrected chi connectivity index (χ2v) is 3.15.